The van der Waals surface area contributed by atoms with Gasteiger partial charge in [0, 0.05) is 22.9 Å². The van der Waals surface area contributed by atoms with E-state index in [0.29, 0.717) is 5.56 Å². The molecule has 1 aromatic heterocycles. The van der Waals surface area contributed by atoms with E-state index in [9.17, 15) is 4.39 Å². The summed E-state index contributed by atoms with van der Waals surface area (Å²) in [5, 5.41) is 3.58. The first-order valence-corrected chi connectivity index (χ1v) is 8.52. The lowest BCUT2D eigenvalue weighted by Crippen LogP contribution is -2.24. The molecule has 0 aliphatic rings. The molecule has 1 atom stereocenters. The summed E-state index contributed by atoms with van der Waals surface area (Å²) in [6.45, 7) is 2.95. The predicted octanol–water partition coefficient (Wildman–Crippen LogP) is 5.59. The SMILES string of the molecule is CCCNC(Cc1ccc(Br)s1)c1cccc(Cl)c1F. The maximum Gasteiger partial charge on any atom is 0.146 e. The van der Waals surface area contributed by atoms with Gasteiger partial charge in [0.05, 0.1) is 8.81 Å². The lowest BCUT2D eigenvalue weighted by atomic mass is 10.0. The number of hydrogen-bond acceptors (Lipinski definition) is 2. The first kappa shape index (κ1) is 16.0. The average Bonchev–Trinajstić information content (AvgIpc) is 2.83. The highest BCUT2D eigenvalue weighted by atomic mass is 79.9. The predicted molar refractivity (Wildman–Crippen MR) is 88.2 cm³/mol. The quantitative estimate of drug-likeness (QED) is 0.693. The van der Waals surface area contributed by atoms with Gasteiger partial charge in [0.25, 0.3) is 0 Å². The lowest BCUT2D eigenvalue weighted by molar-refractivity contribution is 0.499. The molecule has 5 heteroatoms. The summed E-state index contributed by atoms with van der Waals surface area (Å²) in [6.07, 6.45) is 1.76. The van der Waals surface area contributed by atoms with Crippen LogP contribution in [0.15, 0.2) is 34.1 Å². The monoisotopic (exact) mass is 375 g/mol. The Morgan fingerprint density at radius 3 is 2.80 bits per heavy atom. The van der Waals surface area contributed by atoms with Crippen molar-refractivity contribution in [2.75, 3.05) is 6.54 Å². The summed E-state index contributed by atoms with van der Waals surface area (Å²) in [4.78, 5) is 1.21. The Kier molecular flexibility index (Phi) is 6.02. The number of nitrogens with one attached hydrogen (secondary N) is 1. The number of halogens is 3. The van der Waals surface area contributed by atoms with Crippen LogP contribution in [0.1, 0.15) is 29.8 Å². The topological polar surface area (TPSA) is 12.0 Å². The van der Waals surface area contributed by atoms with Gasteiger partial charge in [-0.15, -0.1) is 11.3 Å². The Balaban J connectivity index is 2.24. The molecule has 1 heterocycles. The molecule has 0 amide bonds. The number of benzene rings is 1. The van der Waals surface area contributed by atoms with Gasteiger partial charge in [-0.2, -0.15) is 0 Å². The molecular formula is C15H16BrClFNS. The Morgan fingerprint density at radius 1 is 1.35 bits per heavy atom. The molecule has 2 rings (SSSR count). The van der Waals surface area contributed by atoms with E-state index >= 15 is 0 Å². The van der Waals surface area contributed by atoms with Crippen LogP contribution in [0.25, 0.3) is 0 Å². The van der Waals surface area contributed by atoms with Gasteiger partial charge < -0.3 is 5.32 Å². The van der Waals surface area contributed by atoms with Crippen molar-refractivity contribution < 1.29 is 4.39 Å². The molecular weight excluding hydrogens is 361 g/mol. The molecule has 1 N–H and O–H groups in total. The maximum absolute atomic E-state index is 14.2. The second-order valence-electron chi connectivity index (χ2n) is 4.56. The van der Waals surface area contributed by atoms with Crippen LogP contribution in [0.4, 0.5) is 4.39 Å². The van der Waals surface area contributed by atoms with Crippen molar-refractivity contribution in [3.05, 3.63) is 55.4 Å². The third-order valence-electron chi connectivity index (χ3n) is 3.03. The molecule has 0 aliphatic heterocycles. The summed E-state index contributed by atoms with van der Waals surface area (Å²) in [5.74, 6) is -0.321. The van der Waals surface area contributed by atoms with Crippen LogP contribution in [0.2, 0.25) is 5.02 Å². The second kappa shape index (κ2) is 7.55. The molecule has 0 fully saturated rings. The Hall–Kier alpha value is -0.420. The smallest absolute Gasteiger partial charge is 0.146 e. The highest BCUT2D eigenvalue weighted by Crippen LogP contribution is 2.29. The van der Waals surface area contributed by atoms with Gasteiger partial charge in [-0.25, -0.2) is 4.39 Å². The van der Waals surface area contributed by atoms with E-state index in [1.165, 1.54) is 4.88 Å². The first-order valence-electron chi connectivity index (χ1n) is 6.53. The van der Waals surface area contributed by atoms with Gasteiger partial charge in [0.1, 0.15) is 5.82 Å². The lowest BCUT2D eigenvalue weighted by Gasteiger charge is -2.19. The zero-order valence-electron chi connectivity index (χ0n) is 11.1. The van der Waals surface area contributed by atoms with Crippen LogP contribution in [-0.2, 0) is 6.42 Å². The average molecular weight is 377 g/mol. The van der Waals surface area contributed by atoms with E-state index in [-0.39, 0.29) is 16.9 Å². The molecule has 0 spiro atoms. The second-order valence-corrected chi connectivity index (χ2v) is 7.51. The Bertz CT molecular complexity index is 573. The molecule has 2 aromatic rings. The van der Waals surface area contributed by atoms with Gasteiger partial charge in [-0.3, -0.25) is 0 Å². The largest absolute Gasteiger partial charge is 0.310 e. The summed E-state index contributed by atoms with van der Waals surface area (Å²) in [5.41, 5.74) is 0.635. The van der Waals surface area contributed by atoms with E-state index in [0.717, 1.165) is 23.2 Å². The maximum atomic E-state index is 14.2. The van der Waals surface area contributed by atoms with Gasteiger partial charge in [0.15, 0.2) is 0 Å². The minimum absolute atomic E-state index is 0.0563. The van der Waals surface area contributed by atoms with Crippen molar-refractivity contribution >= 4 is 38.9 Å². The first-order chi connectivity index (χ1) is 9.61. The summed E-state index contributed by atoms with van der Waals surface area (Å²) < 4.78 is 15.3. The summed E-state index contributed by atoms with van der Waals surface area (Å²) in [6, 6.07) is 9.21. The van der Waals surface area contributed by atoms with Crippen LogP contribution < -0.4 is 5.32 Å². The molecule has 108 valence electrons. The Labute approximate surface area is 136 Å². The van der Waals surface area contributed by atoms with Gasteiger partial charge in [-0.05, 0) is 47.1 Å². The van der Waals surface area contributed by atoms with Crippen molar-refractivity contribution in [3.8, 4) is 0 Å². The molecule has 1 aromatic carbocycles. The van der Waals surface area contributed by atoms with E-state index in [1.54, 1.807) is 29.5 Å². The molecule has 0 bridgehead atoms. The number of rotatable bonds is 6. The van der Waals surface area contributed by atoms with Crippen LogP contribution in [0.3, 0.4) is 0 Å². The van der Waals surface area contributed by atoms with Crippen LogP contribution in [0, 0.1) is 5.82 Å². The van der Waals surface area contributed by atoms with Crippen LogP contribution >= 0.6 is 38.9 Å². The van der Waals surface area contributed by atoms with Crippen molar-refractivity contribution in [1.29, 1.82) is 0 Å². The van der Waals surface area contributed by atoms with Crippen LogP contribution in [-0.4, -0.2) is 6.54 Å². The van der Waals surface area contributed by atoms with Crippen LogP contribution in [0.5, 0.6) is 0 Å². The van der Waals surface area contributed by atoms with Crippen molar-refractivity contribution in [3.63, 3.8) is 0 Å². The van der Waals surface area contributed by atoms with E-state index in [1.807, 2.05) is 6.07 Å². The highest BCUT2D eigenvalue weighted by molar-refractivity contribution is 9.11. The molecule has 0 aliphatic carbocycles. The van der Waals surface area contributed by atoms with Crippen molar-refractivity contribution in [1.82, 2.24) is 5.32 Å². The number of thiophene rings is 1. The number of hydrogen-bond donors (Lipinski definition) is 1. The molecule has 1 unspecified atom stereocenters. The minimum Gasteiger partial charge on any atom is -0.310 e. The van der Waals surface area contributed by atoms with Gasteiger partial charge >= 0.3 is 0 Å². The normalized spacial score (nSPS) is 12.6. The van der Waals surface area contributed by atoms with E-state index < -0.39 is 0 Å². The Morgan fingerprint density at radius 2 is 2.15 bits per heavy atom. The molecule has 0 saturated heterocycles. The van der Waals surface area contributed by atoms with E-state index in [2.05, 4.69) is 34.2 Å². The van der Waals surface area contributed by atoms with Gasteiger partial charge in [0.2, 0.25) is 0 Å². The third-order valence-corrected chi connectivity index (χ3v) is 4.97. The van der Waals surface area contributed by atoms with Crippen molar-refractivity contribution in [2.45, 2.75) is 25.8 Å². The minimum atomic E-state index is -0.321. The van der Waals surface area contributed by atoms with Crippen molar-refractivity contribution in [2.24, 2.45) is 0 Å². The fourth-order valence-corrected chi connectivity index (χ4v) is 3.77. The molecule has 0 saturated carbocycles. The third kappa shape index (κ3) is 4.04. The fraction of sp³-hybridized carbons (Fsp3) is 0.333. The standard InChI is InChI=1S/C15H16BrClFNS/c1-2-8-19-13(9-10-6-7-14(16)20-10)11-4-3-5-12(17)15(11)18/h3-7,13,19H,2,8-9H2,1H3. The summed E-state index contributed by atoms with van der Waals surface area (Å²) >= 11 is 11.0. The highest BCUT2D eigenvalue weighted by Gasteiger charge is 2.18. The van der Waals surface area contributed by atoms with Gasteiger partial charge in [-0.1, -0.05) is 30.7 Å². The van der Waals surface area contributed by atoms with E-state index in [4.69, 9.17) is 11.6 Å². The molecule has 1 nitrogen and oxygen atoms in total. The molecule has 20 heavy (non-hydrogen) atoms. The fourth-order valence-electron chi connectivity index (χ4n) is 2.06. The molecule has 0 radical (unpaired) electrons. The zero-order valence-corrected chi connectivity index (χ0v) is 14.3. The summed E-state index contributed by atoms with van der Waals surface area (Å²) in [7, 11) is 0. The zero-order chi connectivity index (χ0) is 14.5.